The van der Waals surface area contributed by atoms with Gasteiger partial charge in [0, 0.05) is 25.6 Å². The largest absolute Gasteiger partial charge is 0.496 e. The van der Waals surface area contributed by atoms with Gasteiger partial charge in [-0.05, 0) is 47.4 Å². The Bertz CT molecular complexity index is 631. The summed E-state index contributed by atoms with van der Waals surface area (Å²) in [6.07, 6.45) is 0.897. The van der Waals surface area contributed by atoms with E-state index in [0.29, 0.717) is 5.92 Å². The van der Waals surface area contributed by atoms with Crippen LogP contribution in [0.4, 0.5) is 0 Å². The molecule has 1 aromatic carbocycles. The van der Waals surface area contributed by atoms with Crippen molar-refractivity contribution in [2.45, 2.75) is 26.2 Å². The monoisotopic (exact) mass is 473 g/mol. The maximum atomic E-state index is 5.40. The topological polar surface area (TPSA) is 45.7 Å². The molecule has 1 atom stereocenters. The van der Waals surface area contributed by atoms with Gasteiger partial charge in [0.05, 0.1) is 7.11 Å². The highest BCUT2D eigenvalue weighted by atomic mass is 127. The van der Waals surface area contributed by atoms with Gasteiger partial charge in [-0.25, -0.2) is 0 Å². The zero-order valence-electron chi connectivity index (χ0n) is 15.1. The molecule has 1 heterocycles. The third kappa shape index (κ3) is 7.23. The molecule has 0 bridgehead atoms. The molecule has 2 N–H and O–H groups in total. The third-order valence-corrected chi connectivity index (χ3v) is 4.56. The number of nitrogens with one attached hydrogen (secondary N) is 2. The van der Waals surface area contributed by atoms with Crippen LogP contribution in [0.25, 0.3) is 0 Å². The van der Waals surface area contributed by atoms with Crippen molar-refractivity contribution in [3.05, 3.63) is 52.2 Å². The lowest BCUT2D eigenvalue weighted by Gasteiger charge is -2.14. The first-order valence-corrected chi connectivity index (χ1v) is 9.35. The fourth-order valence-electron chi connectivity index (χ4n) is 2.46. The molecule has 0 aliphatic rings. The van der Waals surface area contributed by atoms with Gasteiger partial charge >= 0.3 is 0 Å². The second-order valence-electron chi connectivity index (χ2n) is 5.67. The van der Waals surface area contributed by atoms with Crippen molar-refractivity contribution in [1.29, 1.82) is 0 Å². The summed E-state index contributed by atoms with van der Waals surface area (Å²) in [7, 11) is 1.71. The second-order valence-corrected chi connectivity index (χ2v) is 6.45. The van der Waals surface area contributed by atoms with Gasteiger partial charge < -0.3 is 15.4 Å². The summed E-state index contributed by atoms with van der Waals surface area (Å²) in [5.74, 6) is 2.24. The van der Waals surface area contributed by atoms with Gasteiger partial charge in [0.2, 0.25) is 0 Å². The fourth-order valence-corrected chi connectivity index (χ4v) is 3.24. The molecule has 25 heavy (non-hydrogen) atoms. The van der Waals surface area contributed by atoms with E-state index in [1.807, 2.05) is 18.2 Å². The standard InChI is InChI=1S/C19H27N3OS.HI/c1-4-20-19(22-13-15(2)17-10-12-24-14-17)21-11-9-16-7-5-6-8-18(16)23-3;/h5-8,10,12,14-15H,4,9,11,13H2,1-3H3,(H2,20,21,22);1H. The lowest BCUT2D eigenvalue weighted by molar-refractivity contribution is 0.409. The Morgan fingerprint density at radius 1 is 1.24 bits per heavy atom. The number of rotatable bonds is 8. The molecule has 2 rings (SSSR count). The quantitative estimate of drug-likeness (QED) is 0.342. The van der Waals surface area contributed by atoms with E-state index in [9.17, 15) is 0 Å². The van der Waals surface area contributed by atoms with E-state index in [0.717, 1.165) is 37.8 Å². The Morgan fingerprint density at radius 3 is 2.72 bits per heavy atom. The lowest BCUT2D eigenvalue weighted by Crippen LogP contribution is -2.38. The molecule has 138 valence electrons. The molecule has 6 heteroatoms. The molecule has 0 spiro atoms. The molecule has 2 aromatic rings. The van der Waals surface area contributed by atoms with Crippen LogP contribution in [0.15, 0.2) is 46.1 Å². The highest BCUT2D eigenvalue weighted by Gasteiger charge is 2.06. The minimum atomic E-state index is 0. The van der Waals surface area contributed by atoms with Gasteiger partial charge in [-0.1, -0.05) is 25.1 Å². The fraction of sp³-hybridized carbons (Fsp3) is 0.421. The van der Waals surface area contributed by atoms with Gasteiger partial charge in [-0.15, -0.1) is 24.0 Å². The number of nitrogens with zero attached hydrogens (tertiary/aromatic N) is 1. The van der Waals surface area contributed by atoms with E-state index in [4.69, 9.17) is 9.73 Å². The molecule has 0 saturated heterocycles. The molecule has 0 aliphatic carbocycles. The normalized spacial score (nSPS) is 12.2. The maximum Gasteiger partial charge on any atom is 0.191 e. The zero-order chi connectivity index (χ0) is 17.2. The van der Waals surface area contributed by atoms with Crippen LogP contribution in [0.2, 0.25) is 0 Å². The van der Waals surface area contributed by atoms with E-state index in [-0.39, 0.29) is 24.0 Å². The van der Waals surface area contributed by atoms with Crippen LogP contribution < -0.4 is 15.4 Å². The molecular formula is C19H28IN3OS. The number of benzene rings is 1. The number of hydrogen-bond acceptors (Lipinski definition) is 3. The van der Waals surface area contributed by atoms with Gasteiger partial charge in [0.15, 0.2) is 5.96 Å². The summed E-state index contributed by atoms with van der Waals surface area (Å²) in [6.45, 7) is 6.75. The molecule has 1 unspecified atom stereocenters. The van der Waals surface area contributed by atoms with Crippen LogP contribution in [0, 0.1) is 0 Å². The van der Waals surface area contributed by atoms with Crippen LogP contribution in [-0.4, -0.2) is 32.7 Å². The third-order valence-electron chi connectivity index (χ3n) is 3.86. The summed E-state index contributed by atoms with van der Waals surface area (Å²) in [5.41, 5.74) is 2.56. The highest BCUT2D eigenvalue weighted by molar-refractivity contribution is 14.0. The Morgan fingerprint density at radius 2 is 2.04 bits per heavy atom. The molecule has 0 fully saturated rings. The number of hydrogen-bond donors (Lipinski definition) is 2. The van der Waals surface area contributed by atoms with Crippen LogP contribution in [0.5, 0.6) is 5.75 Å². The number of aliphatic imine (C=N–C) groups is 1. The van der Waals surface area contributed by atoms with Gasteiger partial charge in [0.25, 0.3) is 0 Å². The first-order valence-electron chi connectivity index (χ1n) is 8.40. The number of guanidine groups is 1. The van der Waals surface area contributed by atoms with Crippen molar-refractivity contribution in [1.82, 2.24) is 10.6 Å². The zero-order valence-corrected chi connectivity index (χ0v) is 18.3. The van der Waals surface area contributed by atoms with Crippen molar-refractivity contribution in [2.24, 2.45) is 4.99 Å². The van der Waals surface area contributed by atoms with Crippen LogP contribution in [-0.2, 0) is 6.42 Å². The van der Waals surface area contributed by atoms with Crippen LogP contribution in [0.1, 0.15) is 30.9 Å². The van der Waals surface area contributed by atoms with E-state index in [1.54, 1.807) is 18.4 Å². The summed E-state index contributed by atoms with van der Waals surface area (Å²) in [5, 5.41) is 11.0. The van der Waals surface area contributed by atoms with E-state index in [1.165, 1.54) is 11.1 Å². The predicted molar refractivity (Wildman–Crippen MR) is 119 cm³/mol. The predicted octanol–water partition coefficient (Wildman–Crippen LogP) is 4.28. The average Bonchev–Trinajstić information content (AvgIpc) is 3.14. The lowest BCUT2D eigenvalue weighted by atomic mass is 10.1. The number of para-hydroxylation sites is 1. The minimum Gasteiger partial charge on any atom is -0.496 e. The van der Waals surface area contributed by atoms with E-state index >= 15 is 0 Å². The molecule has 0 radical (unpaired) electrons. The van der Waals surface area contributed by atoms with Gasteiger partial charge in [-0.3, -0.25) is 4.99 Å². The van der Waals surface area contributed by atoms with E-state index in [2.05, 4.69) is 47.4 Å². The Hall–Kier alpha value is -1.28. The molecule has 1 aromatic heterocycles. The Labute approximate surface area is 172 Å². The number of halogens is 1. The number of methoxy groups -OCH3 is 1. The molecule has 4 nitrogen and oxygen atoms in total. The SMILES string of the molecule is CCNC(=NCC(C)c1ccsc1)NCCc1ccccc1OC.I. The van der Waals surface area contributed by atoms with Crippen LogP contribution in [0.3, 0.4) is 0 Å². The smallest absolute Gasteiger partial charge is 0.191 e. The van der Waals surface area contributed by atoms with Gasteiger partial charge in [0.1, 0.15) is 5.75 Å². The van der Waals surface area contributed by atoms with Crippen molar-refractivity contribution in [3.8, 4) is 5.75 Å². The van der Waals surface area contributed by atoms with E-state index < -0.39 is 0 Å². The first kappa shape index (κ1) is 21.8. The summed E-state index contributed by atoms with van der Waals surface area (Å²) < 4.78 is 5.40. The molecule has 0 amide bonds. The number of ether oxygens (including phenoxy) is 1. The maximum absolute atomic E-state index is 5.40. The Kier molecular flexibility index (Phi) is 10.6. The summed E-state index contributed by atoms with van der Waals surface area (Å²) >= 11 is 1.74. The number of thiophene rings is 1. The minimum absolute atomic E-state index is 0. The molecule has 0 aliphatic heterocycles. The van der Waals surface area contributed by atoms with Crippen molar-refractivity contribution >= 4 is 41.3 Å². The van der Waals surface area contributed by atoms with Crippen molar-refractivity contribution in [2.75, 3.05) is 26.7 Å². The van der Waals surface area contributed by atoms with Crippen molar-refractivity contribution in [3.63, 3.8) is 0 Å². The highest BCUT2D eigenvalue weighted by Crippen LogP contribution is 2.18. The average molecular weight is 473 g/mol. The first-order chi connectivity index (χ1) is 11.7. The van der Waals surface area contributed by atoms with Crippen molar-refractivity contribution < 1.29 is 4.74 Å². The summed E-state index contributed by atoms with van der Waals surface area (Å²) in [6, 6.07) is 10.3. The molecular weight excluding hydrogens is 445 g/mol. The second kappa shape index (κ2) is 12.1. The Balaban J connectivity index is 0.00000312. The van der Waals surface area contributed by atoms with Gasteiger partial charge in [-0.2, -0.15) is 11.3 Å². The summed E-state index contributed by atoms with van der Waals surface area (Å²) in [4.78, 5) is 4.71. The molecule has 0 saturated carbocycles. The van der Waals surface area contributed by atoms with Crippen LogP contribution >= 0.6 is 35.3 Å².